The van der Waals surface area contributed by atoms with E-state index in [0.29, 0.717) is 42.9 Å². The molecule has 5 fully saturated rings. The Kier molecular flexibility index (Phi) is 5.59. The molecule has 1 saturated heterocycles. The number of nitriles is 1. The first kappa shape index (κ1) is 23.7. The van der Waals surface area contributed by atoms with Crippen molar-refractivity contribution < 1.29 is 23.9 Å². The number of carbonyl (C=O) groups is 4. The first-order valence-corrected chi connectivity index (χ1v) is 13.1. The monoisotopic (exact) mass is 502 g/mol. The molecule has 0 spiro atoms. The molecule has 1 heterocycles. The Morgan fingerprint density at radius 2 is 1.97 bits per heavy atom. The molecule has 3 N–H and O–H groups in total. The van der Waals surface area contributed by atoms with Crippen molar-refractivity contribution in [1.82, 2.24) is 16.0 Å². The summed E-state index contributed by atoms with van der Waals surface area (Å²) in [4.78, 5) is 51.9. The van der Waals surface area contributed by atoms with Crippen molar-refractivity contribution in [2.24, 2.45) is 29.6 Å². The van der Waals surface area contributed by atoms with E-state index in [9.17, 15) is 24.4 Å². The van der Waals surface area contributed by atoms with E-state index in [1.165, 1.54) is 0 Å². The molecule has 2 bridgehead atoms. The Morgan fingerprint density at radius 1 is 1.19 bits per heavy atom. The molecule has 37 heavy (non-hydrogen) atoms. The number of rotatable bonds is 7. The number of nitrogens with one attached hydrogen (secondary N) is 3. The second-order valence-corrected chi connectivity index (χ2v) is 11.2. The maximum Gasteiger partial charge on any atom is 0.248 e. The third kappa shape index (κ3) is 3.90. The largest absolute Gasteiger partial charge is 0.496 e. The summed E-state index contributed by atoms with van der Waals surface area (Å²) in [6.07, 6.45) is 6.47. The van der Waals surface area contributed by atoms with Gasteiger partial charge in [-0.2, -0.15) is 5.26 Å². The van der Waals surface area contributed by atoms with Crippen molar-refractivity contribution in [3.05, 3.63) is 34.9 Å². The van der Waals surface area contributed by atoms with E-state index in [2.05, 4.69) is 22.0 Å². The Labute approximate surface area is 215 Å². The van der Waals surface area contributed by atoms with Crippen molar-refractivity contribution in [2.45, 2.75) is 56.5 Å². The van der Waals surface area contributed by atoms with Crippen LogP contribution >= 0.6 is 0 Å². The van der Waals surface area contributed by atoms with E-state index in [0.717, 1.165) is 30.4 Å². The number of benzene rings is 1. The van der Waals surface area contributed by atoms with E-state index < -0.39 is 35.2 Å². The van der Waals surface area contributed by atoms with Gasteiger partial charge < -0.3 is 15.4 Å². The summed E-state index contributed by atoms with van der Waals surface area (Å²) in [6, 6.07) is 7.23. The maximum absolute atomic E-state index is 13.6. The van der Waals surface area contributed by atoms with Crippen molar-refractivity contribution >= 4 is 29.7 Å². The van der Waals surface area contributed by atoms with Gasteiger partial charge in [-0.15, -0.1) is 0 Å². The Hall–Kier alpha value is -3.67. The zero-order chi connectivity index (χ0) is 25.9. The van der Waals surface area contributed by atoms with Gasteiger partial charge in [0.15, 0.2) is 0 Å². The zero-order valence-electron chi connectivity index (χ0n) is 20.7. The quantitative estimate of drug-likeness (QED) is 0.485. The average molecular weight is 503 g/mol. The molecule has 7 rings (SSSR count). The van der Waals surface area contributed by atoms with Crippen LogP contribution in [0.2, 0.25) is 0 Å². The highest BCUT2D eigenvalue weighted by Crippen LogP contribution is 2.55. The lowest BCUT2D eigenvalue weighted by molar-refractivity contribution is -0.138. The summed E-state index contributed by atoms with van der Waals surface area (Å²) in [7, 11) is 1.59. The lowest BCUT2D eigenvalue weighted by Crippen LogP contribution is -2.66. The van der Waals surface area contributed by atoms with Gasteiger partial charge >= 0.3 is 0 Å². The molecular formula is C28H30N4O5. The molecule has 6 atom stereocenters. The smallest absolute Gasteiger partial charge is 0.248 e. The Morgan fingerprint density at radius 3 is 2.70 bits per heavy atom. The van der Waals surface area contributed by atoms with E-state index in [4.69, 9.17) is 4.74 Å². The molecule has 1 aromatic rings. The molecule has 192 valence electrons. The fourth-order valence-electron chi connectivity index (χ4n) is 7.09. The van der Waals surface area contributed by atoms with E-state index >= 15 is 0 Å². The molecule has 0 radical (unpaired) electrons. The number of hydrogen-bond donors (Lipinski definition) is 3. The van der Waals surface area contributed by atoms with Crippen LogP contribution in [0.25, 0.3) is 6.08 Å². The van der Waals surface area contributed by atoms with Crippen LogP contribution in [0.1, 0.15) is 49.7 Å². The fourth-order valence-corrected chi connectivity index (χ4v) is 7.09. The fraction of sp³-hybridized carbons (Fsp3) is 0.536. The minimum Gasteiger partial charge on any atom is -0.496 e. The maximum atomic E-state index is 13.6. The molecule has 6 aliphatic rings. The molecule has 9 nitrogen and oxygen atoms in total. The summed E-state index contributed by atoms with van der Waals surface area (Å²) in [5.74, 6) is -1.82. The molecule has 0 aromatic heterocycles. The normalized spacial score (nSPS) is 31.9. The summed E-state index contributed by atoms with van der Waals surface area (Å²) in [5, 5.41) is 18.6. The van der Waals surface area contributed by atoms with Crippen LogP contribution in [0.3, 0.4) is 0 Å². The predicted molar refractivity (Wildman–Crippen MR) is 131 cm³/mol. The molecule has 1 aromatic carbocycles. The van der Waals surface area contributed by atoms with Gasteiger partial charge in [0, 0.05) is 23.5 Å². The highest BCUT2D eigenvalue weighted by atomic mass is 16.5. The standard InChI is InChI=1S/C28H30N4O5/c1-37-21-4-2-3-15-10-17(11-18(15)21)24(33)30-20(9-14-5-6-14)25(34)32-28(13-29)12-16-7-8-19(28)23-22(16)26(35)31-27(23)36/h2-4,11,14,16,19-20,22-23H,5-10,12H2,1H3,(H,30,33)(H,32,34)(H,31,35,36)/t16-,19?,20?,22+,23-,28?/m1/s1. The third-order valence-corrected chi connectivity index (χ3v) is 9.05. The number of amides is 4. The van der Waals surface area contributed by atoms with E-state index in [1.54, 1.807) is 7.11 Å². The molecule has 5 aliphatic carbocycles. The molecular weight excluding hydrogens is 472 g/mol. The number of ether oxygens (including phenoxy) is 1. The number of carbonyl (C=O) groups excluding carboxylic acids is 4. The molecule has 3 unspecified atom stereocenters. The summed E-state index contributed by atoms with van der Waals surface area (Å²) >= 11 is 0. The highest BCUT2D eigenvalue weighted by molar-refractivity contribution is 6.06. The van der Waals surface area contributed by atoms with Crippen molar-refractivity contribution in [3.63, 3.8) is 0 Å². The predicted octanol–water partition coefficient (Wildman–Crippen LogP) is 1.62. The van der Waals surface area contributed by atoms with Gasteiger partial charge in [0.2, 0.25) is 23.6 Å². The minimum absolute atomic E-state index is 0.130. The lowest BCUT2D eigenvalue weighted by atomic mass is 9.52. The molecule has 4 amide bonds. The van der Waals surface area contributed by atoms with Crippen LogP contribution in [0.15, 0.2) is 23.8 Å². The number of fused-ring (bicyclic) bond motifs is 3. The van der Waals surface area contributed by atoms with Gasteiger partial charge in [-0.3, -0.25) is 24.5 Å². The van der Waals surface area contributed by atoms with Crippen LogP contribution in [0, 0.1) is 40.9 Å². The van der Waals surface area contributed by atoms with Crippen LogP contribution in [-0.2, 0) is 25.6 Å². The number of imide groups is 1. The van der Waals surface area contributed by atoms with Gasteiger partial charge in [0.05, 0.1) is 25.0 Å². The second kappa shape index (κ2) is 8.72. The Bertz CT molecular complexity index is 1280. The van der Waals surface area contributed by atoms with Crippen LogP contribution in [-0.4, -0.2) is 42.3 Å². The summed E-state index contributed by atoms with van der Waals surface area (Å²) < 4.78 is 5.42. The molecule has 4 saturated carbocycles. The van der Waals surface area contributed by atoms with Gasteiger partial charge in [-0.1, -0.05) is 25.0 Å². The van der Waals surface area contributed by atoms with Crippen LogP contribution in [0.5, 0.6) is 5.75 Å². The summed E-state index contributed by atoms with van der Waals surface area (Å²) in [5.41, 5.74) is 1.20. The van der Waals surface area contributed by atoms with Crippen molar-refractivity contribution in [3.8, 4) is 11.8 Å². The zero-order valence-corrected chi connectivity index (χ0v) is 20.7. The molecule has 1 aliphatic heterocycles. The van der Waals surface area contributed by atoms with Crippen molar-refractivity contribution in [2.75, 3.05) is 7.11 Å². The molecule has 9 heteroatoms. The van der Waals surface area contributed by atoms with Gasteiger partial charge in [-0.25, -0.2) is 0 Å². The van der Waals surface area contributed by atoms with Crippen LogP contribution in [0.4, 0.5) is 0 Å². The second-order valence-electron chi connectivity index (χ2n) is 11.2. The SMILES string of the molecule is COc1cccc2c1C=C(C(=O)NC(CC1CC1)C(=O)NC1(C#N)C[C@H]3CCC1[C@H]1C(=O)NC(=O)[C@@H]31)C2. The number of hydrogen-bond acceptors (Lipinski definition) is 6. The van der Waals surface area contributed by atoms with E-state index in [-0.39, 0.29) is 23.6 Å². The number of methoxy groups -OCH3 is 1. The van der Waals surface area contributed by atoms with Gasteiger partial charge in [-0.05, 0) is 55.2 Å². The summed E-state index contributed by atoms with van der Waals surface area (Å²) in [6.45, 7) is 0. The topological polar surface area (TPSA) is 137 Å². The van der Waals surface area contributed by atoms with E-state index in [1.807, 2.05) is 24.3 Å². The minimum atomic E-state index is -1.23. The Balaban J connectivity index is 1.21. The van der Waals surface area contributed by atoms with Gasteiger partial charge in [0.25, 0.3) is 0 Å². The number of nitrogens with zero attached hydrogens (tertiary/aromatic N) is 1. The van der Waals surface area contributed by atoms with Gasteiger partial charge in [0.1, 0.15) is 17.3 Å². The van der Waals surface area contributed by atoms with Crippen LogP contribution < -0.4 is 20.7 Å². The highest BCUT2D eigenvalue weighted by Gasteiger charge is 2.64. The lowest BCUT2D eigenvalue weighted by Gasteiger charge is -2.52. The average Bonchev–Trinajstić information content (AvgIpc) is 3.51. The van der Waals surface area contributed by atoms with Crippen molar-refractivity contribution in [1.29, 1.82) is 5.26 Å². The third-order valence-electron chi connectivity index (χ3n) is 9.05. The first-order chi connectivity index (χ1) is 17.8. The first-order valence-electron chi connectivity index (χ1n) is 13.1.